The predicted octanol–water partition coefficient (Wildman–Crippen LogP) is 3.04. The van der Waals surface area contributed by atoms with E-state index in [4.69, 9.17) is 4.74 Å². The van der Waals surface area contributed by atoms with E-state index in [0.717, 1.165) is 18.4 Å². The van der Waals surface area contributed by atoms with Gasteiger partial charge in [0.15, 0.2) is 0 Å². The molecule has 0 amide bonds. The van der Waals surface area contributed by atoms with E-state index in [0.29, 0.717) is 18.4 Å². The normalized spacial score (nSPS) is 14.3. The second-order valence-electron chi connectivity index (χ2n) is 5.88. The summed E-state index contributed by atoms with van der Waals surface area (Å²) >= 11 is 0. The minimum absolute atomic E-state index is 0.0875. The Morgan fingerprint density at radius 3 is 2.70 bits per heavy atom. The average molecular weight is 283 g/mol. The van der Waals surface area contributed by atoms with E-state index in [-0.39, 0.29) is 18.0 Å². The van der Waals surface area contributed by atoms with Crippen molar-refractivity contribution >= 4 is 0 Å². The van der Waals surface area contributed by atoms with E-state index < -0.39 is 0 Å². The van der Waals surface area contributed by atoms with Gasteiger partial charge >= 0.3 is 0 Å². The Balaban J connectivity index is 2.42. The lowest BCUT2D eigenvalue weighted by molar-refractivity contribution is 0.147. The fourth-order valence-corrected chi connectivity index (χ4v) is 2.27. The molecule has 1 aromatic rings. The van der Waals surface area contributed by atoms with Crippen molar-refractivity contribution in [1.29, 1.82) is 0 Å². The molecule has 0 aliphatic heterocycles. The van der Waals surface area contributed by atoms with Crippen molar-refractivity contribution in [1.82, 2.24) is 5.32 Å². The van der Waals surface area contributed by atoms with E-state index >= 15 is 0 Å². The number of benzene rings is 1. The molecule has 0 saturated carbocycles. The molecule has 1 atom stereocenters. The van der Waals surface area contributed by atoms with Gasteiger partial charge in [-0.25, -0.2) is 4.39 Å². The first-order valence-electron chi connectivity index (χ1n) is 7.14. The maximum Gasteiger partial charge on any atom is 0.126 e. The fourth-order valence-electron chi connectivity index (χ4n) is 2.27. The average Bonchev–Trinajstić information content (AvgIpc) is 2.38. The number of hydrogen-bond acceptors (Lipinski definition) is 3. The first-order valence-corrected chi connectivity index (χ1v) is 7.14. The second kappa shape index (κ2) is 7.60. The van der Waals surface area contributed by atoms with E-state index in [1.807, 2.05) is 13.8 Å². The van der Waals surface area contributed by atoms with Crippen LogP contribution in [0.1, 0.15) is 39.2 Å². The summed E-state index contributed by atoms with van der Waals surface area (Å²) in [5.41, 5.74) is 0.630. The Bertz CT molecular complexity index is 423. The molecule has 0 bridgehead atoms. The smallest absolute Gasteiger partial charge is 0.126 e. The van der Waals surface area contributed by atoms with Crippen molar-refractivity contribution in [3.63, 3.8) is 0 Å². The molecule has 0 aromatic heterocycles. The number of rotatable bonds is 8. The zero-order valence-corrected chi connectivity index (χ0v) is 12.9. The van der Waals surface area contributed by atoms with Gasteiger partial charge in [0, 0.05) is 17.6 Å². The summed E-state index contributed by atoms with van der Waals surface area (Å²) in [5.74, 6) is 0.305. The Morgan fingerprint density at radius 2 is 2.10 bits per heavy atom. The zero-order chi connectivity index (χ0) is 15.2. The van der Waals surface area contributed by atoms with Crippen molar-refractivity contribution in [2.45, 2.75) is 52.1 Å². The Morgan fingerprint density at radius 1 is 1.40 bits per heavy atom. The predicted molar refractivity (Wildman–Crippen MR) is 79.6 cm³/mol. The van der Waals surface area contributed by atoms with Crippen LogP contribution in [0.25, 0.3) is 0 Å². The number of hydrogen-bond donors (Lipinski definition) is 2. The Labute approximate surface area is 121 Å². The zero-order valence-electron chi connectivity index (χ0n) is 12.9. The maximum atomic E-state index is 13.1. The summed E-state index contributed by atoms with van der Waals surface area (Å²) in [6.45, 7) is 8.61. The molecule has 1 unspecified atom stereocenters. The van der Waals surface area contributed by atoms with Crippen LogP contribution in [0.2, 0.25) is 0 Å². The second-order valence-corrected chi connectivity index (χ2v) is 5.88. The van der Waals surface area contributed by atoms with Crippen LogP contribution in [0.3, 0.4) is 0 Å². The lowest BCUT2D eigenvalue weighted by Gasteiger charge is -2.31. The van der Waals surface area contributed by atoms with Crippen molar-refractivity contribution in [3.05, 3.63) is 29.6 Å². The van der Waals surface area contributed by atoms with Crippen molar-refractivity contribution in [2.24, 2.45) is 0 Å². The highest BCUT2D eigenvalue weighted by Crippen LogP contribution is 2.20. The van der Waals surface area contributed by atoms with E-state index in [2.05, 4.69) is 19.2 Å². The van der Waals surface area contributed by atoms with Crippen LogP contribution in [0.5, 0.6) is 5.75 Å². The molecule has 114 valence electrons. The lowest BCUT2D eigenvalue weighted by atomic mass is 9.96. The molecule has 0 aliphatic carbocycles. The third kappa shape index (κ3) is 5.47. The minimum atomic E-state index is -0.297. The van der Waals surface area contributed by atoms with E-state index in [1.54, 1.807) is 6.07 Å². The van der Waals surface area contributed by atoms with Gasteiger partial charge in [-0.05, 0) is 38.3 Å². The Hall–Kier alpha value is -1.13. The lowest BCUT2D eigenvalue weighted by Crippen LogP contribution is -2.49. The highest BCUT2D eigenvalue weighted by Gasteiger charge is 2.23. The summed E-state index contributed by atoms with van der Waals surface area (Å²) in [4.78, 5) is 0. The van der Waals surface area contributed by atoms with Gasteiger partial charge in [0.25, 0.3) is 0 Å². The molecule has 20 heavy (non-hydrogen) atoms. The molecule has 0 radical (unpaired) electrons. The number of aliphatic hydroxyl groups excluding tert-OH is 1. The van der Waals surface area contributed by atoms with Crippen molar-refractivity contribution in [3.8, 4) is 5.75 Å². The summed E-state index contributed by atoms with van der Waals surface area (Å²) in [5, 5.41) is 12.8. The van der Waals surface area contributed by atoms with Crippen LogP contribution >= 0.6 is 0 Å². The number of ether oxygens (including phenoxy) is 1. The number of aryl methyl sites for hydroxylation is 1. The molecule has 0 heterocycles. The molecule has 0 fully saturated rings. The number of aliphatic hydroxyl groups is 1. The van der Waals surface area contributed by atoms with Gasteiger partial charge in [-0.1, -0.05) is 19.9 Å². The largest absolute Gasteiger partial charge is 0.493 e. The van der Waals surface area contributed by atoms with Crippen LogP contribution in [-0.2, 0) is 0 Å². The van der Waals surface area contributed by atoms with Crippen molar-refractivity contribution in [2.75, 3.05) is 13.2 Å². The molecule has 0 aliphatic rings. The van der Waals surface area contributed by atoms with E-state index in [9.17, 15) is 9.50 Å². The van der Waals surface area contributed by atoms with E-state index in [1.165, 1.54) is 12.1 Å². The molecule has 1 rings (SSSR count). The van der Waals surface area contributed by atoms with Gasteiger partial charge in [-0.2, -0.15) is 0 Å². The van der Waals surface area contributed by atoms with Gasteiger partial charge in [0.1, 0.15) is 11.6 Å². The molecule has 0 spiro atoms. The molecule has 1 aromatic carbocycles. The first-order chi connectivity index (χ1) is 9.36. The highest BCUT2D eigenvalue weighted by atomic mass is 19.1. The third-order valence-corrected chi connectivity index (χ3v) is 3.27. The van der Waals surface area contributed by atoms with Crippen LogP contribution in [0, 0.1) is 12.7 Å². The molecule has 4 heteroatoms. The summed E-state index contributed by atoms with van der Waals surface area (Å²) < 4.78 is 18.7. The SMILES string of the molecule is Cc1ccc(F)cc1OCCCC(C)(CO)NC(C)C. The highest BCUT2D eigenvalue weighted by molar-refractivity contribution is 5.32. The summed E-state index contributed by atoms with van der Waals surface area (Å²) in [6, 6.07) is 4.87. The number of nitrogens with one attached hydrogen (secondary N) is 1. The third-order valence-electron chi connectivity index (χ3n) is 3.27. The van der Waals surface area contributed by atoms with Gasteiger partial charge in [0.2, 0.25) is 0 Å². The van der Waals surface area contributed by atoms with Crippen LogP contribution < -0.4 is 10.1 Å². The van der Waals surface area contributed by atoms with Gasteiger partial charge in [0.05, 0.1) is 13.2 Å². The number of halogens is 1. The summed E-state index contributed by atoms with van der Waals surface area (Å²) in [7, 11) is 0. The monoisotopic (exact) mass is 283 g/mol. The quantitative estimate of drug-likeness (QED) is 0.721. The molecular weight excluding hydrogens is 257 g/mol. The molecule has 3 nitrogen and oxygen atoms in total. The van der Waals surface area contributed by atoms with Crippen molar-refractivity contribution < 1.29 is 14.2 Å². The first kappa shape index (κ1) is 16.9. The standard InChI is InChI=1S/C16H26FNO2/c1-12(2)18-16(4,11-19)8-5-9-20-15-10-14(17)7-6-13(15)3/h6-7,10,12,18-19H,5,8-9,11H2,1-4H3. The molecule has 2 N–H and O–H groups in total. The topological polar surface area (TPSA) is 41.5 Å². The van der Waals surface area contributed by atoms with Crippen LogP contribution in [0.4, 0.5) is 4.39 Å². The van der Waals surface area contributed by atoms with Crippen LogP contribution in [0.15, 0.2) is 18.2 Å². The molecule has 0 saturated heterocycles. The summed E-state index contributed by atoms with van der Waals surface area (Å²) in [6.07, 6.45) is 1.60. The van der Waals surface area contributed by atoms with Gasteiger partial charge in [-0.15, -0.1) is 0 Å². The molecular formula is C16H26FNO2. The fraction of sp³-hybridized carbons (Fsp3) is 0.625. The van der Waals surface area contributed by atoms with Gasteiger partial charge in [-0.3, -0.25) is 0 Å². The Kier molecular flexibility index (Phi) is 6.43. The minimum Gasteiger partial charge on any atom is -0.493 e. The maximum absolute atomic E-state index is 13.1. The van der Waals surface area contributed by atoms with Gasteiger partial charge < -0.3 is 15.2 Å². The van der Waals surface area contributed by atoms with Crippen LogP contribution in [-0.4, -0.2) is 29.9 Å².